The first-order valence-corrected chi connectivity index (χ1v) is 6.69. The molecule has 0 saturated carbocycles. The first-order chi connectivity index (χ1) is 9.56. The largest absolute Gasteiger partial charge is 0.395 e. The first kappa shape index (κ1) is 15.4. The Bertz CT molecular complexity index is 415. The van der Waals surface area contributed by atoms with E-state index in [2.05, 4.69) is 0 Å². The van der Waals surface area contributed by atoms with Gasteiger partial charge in [0.05, 0.1) is 12.6 Å². The van der Waals surface area contributed by atoms with E-state index in [4.69, 9.17) is 0 Å². The quantitative estimate of drug-likeness (QED) is 0.451. The van der Waals surface area contributed by atoms with E-state index in [9.17, 15) is 25.5 Å². The molecule has 0 aromatic heterocycles. The van der Waals surface area contributed by atoms with Gasteiger partial charge in [0.1, 0.15) is 24.5 Å². The van der Waals surface area contributed by atoms with Crippen molar-refractivity contribution < 1.29 is 25.5 Å². The second-order valence-electron chi connectivity index (χ2n) is 5.11. The summed E-state index contributed by atoms with van der Waals surface area (Å²) in [5.41, 5.74) is 1.05. The van der Waals surface area contributed by atoms with Crippen LogP contribution in [0.25, 0.3) is 0 Å². The Hall–Kier alpha value is -1.02. The number of hydrogen-bond donors (Lipinski definition) is 5. The minimum atomic E-state index is -1.46. The van der Waals surface area contributed by atoms with Crippen LogP contribution in [0.4, 0.5) is 0 Å². The fraction of sp³-hybridized carbons (Fsp3) is 0.571. The van der Waals surface area contributed by atoms with Crippen molar-refractivity contribution >= 4 is 0 Å². The predicted molar refractivity (Wildman–Crippen MR) is 71.8 cm³/mol. The molecule has 1 aliphatic rings. The molecule has 1 fully saturated rings. The average molecular weight is 283 g/mol. The normalized spacial score (nSPS) is 35.1. The van der Waals surface area contributed by atoms with Gasteiger partial charge in [0.15, 0.2) is 0 Å². The number of benzene rings is 1. The second-order valence-corrected chi connectivity index (χ2v) is 5.11. The highest BCUT2D eigenvalue weighted by atomic mass is 16.4. The van der Waals surface area contributed by atoms with Crippen LogP contribution in [0.15, 0.2) is 30.3 Å². The molecule has 0 aliphatic carbocycles. The second kappa shape index (κ2) is 6.62. The molecule has 1 aliphatic heterocycles. The molecule has 1 aromatic carbocycles. The van der Waals surface area contributed by atoms with Crippen LogP contribution in [0.3, 0.4) is 0 Å². The molecule has 5 N–H and O–H groups in total. The maximum absolute atomic E-state index is 10.00. The lowest BCUT2D eigenvalue weighted by Crippen LogP contribution is -2.67. The van der Waals surface area contributed by atoms with E-state index in [0.29, 0.717) is 13.0 Å². The van der Waals surface area contributed by atoms with E-state index in [1.54, 1.807) is 0 Å². The number of piperidine rings is 1. The summed E-state index contributed by atoms with van der Waals surface area (Å²) in [4.78, 5) is 1.43. The lowest BCUT2D eigenvalue weighted by molar-refractivity contribution is -0.222. The van der Waals surface area contributed by atoms with Crippen molar-refractivity contribution in [3.8, 4) is 0 Å². The molecule has 112 valence electrons. The molecule has 1 heterocycles. The molecule has 20 heavy (non-hydrogen) atoms. The van der Waals surface area contributed by atoms with Gasteiger partial charge in [-0.15, -0.1) is 0 Å². The van der Waals surface area contributed by atoms with Crippen LogP contribution in [0.1, 0.15) is 5.56 Å². The van der Waals surface area contributed by atoms with Gasteiger partial charge in [-0.05, 0) is 12.0 Å². The summed E-state index contributed by atoms with van der Waals surface area (Å²) in [6, 6.07) is 8.78. The van der Waals surface area contributed by atoms with Gasteiger partial charge >= 0.3 is 0 Å². The minimum Gasteiger partial charge on any atom is -0.395 e. The van der Waals surface area contributed by atoms with Crippen molar-refractivity contribution in [3.63, 3.8) is 0 Å². The summed E-state index contributed by atoms with van der Waals surface area (Å²) >= 11 is 0. The van der Waals surface area contributed by atoms with Gasteiger partial charge in [-0.1, -0.05) is 30.3 Å². The van der Waals surface area contributed by atoms with Crippen molar-refractivity contribution in [1.82, 2.24) is 4.90 Å². The van der Waals surface area contributed by atoms with E-state index in [-0.39, 0.29) is 0 Å². The smallest absolute Gasteiger partial charge is 0.136 e. The summed E-state index contributed by atoms with van der Waals surface area (Å²) in [7, 11) is 0. The van der Waals surface area contributed by atoms with Gasteiger partial charge in [-0.3, -0.25) is 4.90 Å². The van der Waals surface area contributed by atoms with Crippen LogP contribution >= 0.6 is 0 Å². The predicted octanol–water partition coefficient (Wildman–Crippen LogP) is -1.69. The van der Waals surface area contributed by atoms with E-state index < -0.39 is 37.2 Å². The van der Waals surface area contributed by atoms with Crippen molar-refractivity contribution in [1.29, 1.82) is 0 Å². The van der Waals surface area contributed by atoms with Crippen LogP contribution in [0, 0.1) is 0 Å². The Morgan fingerprint density at radius 3 is 2.15 bits per heavy atom. The first-order valence-electron chi connectivity index (χ1n) is 6.69. The third kappa shape index (κ3) is 3.01. The van der Waals surface area contributed by atoms with Gasteiger partial charge in [0.25, 0.3) is 0 Å². The molecule has 2 rings (SSSR count). The zero-order valence-electron chi connectivity index (χ0n) is 11.1. The number of aliphatic hydroxyl groups is 5. The number of nitrogens with zero attached hydrogens (tertiary/aromatic N) is 1. The third-order valence-corrected chi connectivity index (χ3v) is 3.85. The Morgan fingerprint density at radius 2 is 1.55 bits per heavy atom. The number of aliphatic hydroxyl groups excluding tert-OH is 5. The van der Waals surface area contributed by atoms with Crippen LogP contribution in [0.5, 0.6) is 0 Å². The van der Waals surface area contributed by atoms with Crippen molar-refractivity contribution in [2.45, 2.75) is 37.0 Å². The lowest BCUT2D eigenvalue weighted by Gasteiger charge is -2.46. The Labute approximate surface area is 117 Å². The van der Waals surface area contributed by atoms with Crippen LogP contribution in [0.2, 0.25) is 0 Å². The van der Waals surface area contributed by atoms with E-state index >= 15 is 0 Å². The van der Waals surface area contributed by atoms with E-state index in [1.165, 1.54) is 4.90 Å². The summed E-state index contributed by atoms with van der Waals surface area (Å²) in [5.74, 6) is 0. The summed E-state index contributed by atoms with van der Waals surface area (Å²) in [6.45, 7) is -0.0476. The fourth-order valence-corrected chi connectivity index (χ4v) is 2.61. The van der Waals surface area contributed by atoms with Crippen molar-refractivity contribution in [2.24, 2.45) is 0 Å². The van der Waals surface area contributed by atoms with E-state index in [1.807, 2.05) is 30.3 Å². The fourth-order valence-electron chi connectivity index (χ4n) is 2.61. The molecular formula is C14H21NO5. The molecule has 0 radical (unpaired) electrons. The zero-order valence-corrected chi connectivity index (χ0v) is 11.1. The maximum Gasteiger partial charge on any atom is 0.136 e. The van der Waals surface area contributed by atoms with Crippen LogP contribution in [-0.4, -0.2) is 74.2 Å². The standard InChI is InChI=1S/C14H21NO5/c16-8-10-11(17)12(18)13(19)14(20)15(10)7-6-9-4-2-1-3-5-9/h1-5,10-14,16-20H,6-8H2/t10-,11-,12+,13-,14?/m1/s1. The molecular weight excluding hydrogens is 262 g/mol. The molecule has 0 amide bonds. The highest BCUT2D eigenvalue weighted by Crippen LogP contribution is 2.23. The molecule has 1 aromatic rings. The lowest BCUT2D eigenvalue weighted by atomic mass is 9.92. The molecule has 5 atom stereocenters. The maximum atomic E-state index is 10.00. The van der Waals surface area contributed by atoms with Crippen molar-refractivity contribution in [2.75, 3.05) is 13.2 Å². The average Bonchev–Trinajstić information content (AvgIpc) is 2.48. The highest BCUT2D eigenvalue weighted by Gasteiger charge is 2.46. The Balaban J connectivity index is 2.07. The van der Waals surface area contributed by atoms with E-state index in [0.717, 1.165) is 5.56 Å². The van der Waals surface area contributed by atoms with Gasteiger partial charge in [-0.25, -0.2) is 0 Å². The van der Waals surface area contributed by atoms with Crippen LogP contribution < -0.4 is 0 Å². The number of hydrogen-bond acceptors (Lipinski definition) is 6. The summed E-state index contributed by atoms with van der Waals surface area (Å²) < 4.78 is 0. The molecule has 6 nitrogen and oxygen atoms in total. The number of rotatable bonds is 4. The molecule has 0 bridgehead atoms. The van der Waals surface area contributed by atoms with Crippen LogP contribution in [-0.2, 0) is 6.42 Å². The van der Waals surface area contributed by atoms with Gasteiger partial charge < -0.3 is 25.5 Å². The zero-order chi connectivity index (χ0) is 14.7. The third-order valence-electron chi connectivity index (χ3n) is 3.85. The van der Waals surface area contributed by atoms with Gasteiger partial charge in [0, 0.05) is 6.54 Å². The Kier molecular flexibility index (Phi) is 5.09. The monoisotopic (exact) mass is 283 g/mol. The van der Waals surface area contributed by atoms with Gasteiger partial charge in [0.2, 0.25) is 0 Å². The minimum absolute atomic E-state index is 0.358. The SMILES string of the molecule is OC[C@@H]1[C@@H](O)[C@H](O)[C@@H](O)C(O)N1CCc1ccccc1. The summed E-state index contributed by atoms with van der Waals surface area (Å²) in [6.07, 6.45) is -4.92. The highest BCUT2D eigenvalue weighted by molar-refractivity contribution is 5.15. The van der Waals surface area contributed by atoms with Crippen molar-refractivity contribution in [3.05, 3.63) is 35.9 Å². The number of likely N-dealkylation sites (tertiary alicyclic amines) is 1. The molecule has 1 unspecified atom stereocenters. The molecule has 6 heteroatoms. The Morgan fingerprint density at radius 1 is 0.900 bits per heavy atom. The topological polar surface area (TPSA) is 104 Å². The molecule has 1 saturated heterocycles. The molecule has 0 spiro atoms. The van der Waals surface area contributed by atoms with Gasteiger partial charge in [-0.2, -0.15) is 0 Å². The summed E-state index contributed by atoms with van der Waals surface area (Å²) in [5, 5.41) is 48.6.